The Kier molecular flexibility index (Phi) is 3.50. The average molecular weight is 249 g/mol. The van der Waals surface area contributed by atoms with E-state index in [0.29, 0.717) is 6.42 Å². The smallest absolute Gasteiger partial charge is 0.411 e. The second kappa shape index (κ2) is 5.08. The molecule has 96 valence electrons. The minimum Gasteiger partial charge on any atom is -0.480 e. The van der Waals surface area contributed by atoms with Crippen molar-refractivity contribution in [3.63, 3.8) is 0 Å². The largest absolute Gasteiger partial charge is 0.480 e. The highest BCUT2D eigenvalue weighted by atomic mass is 16.6. The van der Waals surface area contributed by atoms with Gasteiger partial charge in [0.2, 0.25) is 0 Å². The van der Waals surface area contributed by atoms with Crippen molar-refractivity contribution in [3.8, 4) is 0 Å². The summed E-state index contributed by atoms with van der Waals surface area (Å²) in [5, 5.41) is 8.91. The van der Waals surface area contributed by atoms with E-state index in [2.05, 4.69) is 0 Å². The van der Waals surface area contributed by atoms with Crippen LogP contribution in [0.1, 0.15) is 18.9 Å². The van der Waals surface area contributed by atoms with E-state index in [1.807, 2.05) is 37.3 Å². The average Bonchev–Trinajstić information content (AvgIpc) is 2.34. The van der Waals surface area contributed by atoms with Crippen LogP contribution in [0.25, 0.3) is 0 Å². The molecule has 1 saturated heterocycles. The molecule has 0 bridgehead atoms. The summed E-state index contributed by atoms with van der Waals surface area (Å²) in [4.78, 5) is 23.9. The summed E-state index contributed by atoms with van der Waals surface area (Å²) in [5.74, 6) is -0.982. The van der Waals surface area contributed by atoms with Gasteiger partial charge in [0, 0.05) is 6.04 Å². The molecule has 1 aliphatic rings. The highest BCUT2D eigenvalue weighted by Crippen LogP contribution is 2.26. The number of nitrogens with zero attached hydrogens (tertiary/aromatic N) is 1. The molecule has 1 heterocycles. The van der Waals surface area contributed by atoms with Gasteiger partial charge in [0.15, 0.2) is 0 Å². The number of aliphatic carboxylic acids is 1. The number of carboxylic acid groups (broad SMARTS) is 1. The highest BCUT2D eigenvalue weighted by molar-refractivity contribution is 5.82. The Morgan fingerprint density at radius 2 is 2.06 bits per heavy atom. The molecular formula is C13H15NO4. The van der Waals surface area contributed by atoms with Gasteiger partial charge in [0.05, 0.1) is 0 Å². The summed E-state index contributed by atoms with van der Waals surface area (Å²) in [6.45, 7) is 1.97. The van der Waals surface area contributed by atoms with Gasteiger partial charge < -0.3 is 9.84 Å². The lowest BCUT2D eigenvalue weighted by molar-refractivity contribution is -0.149. The maximum absolute atomic E-state index is 11.8. The van der Waals surface area contributed by atoms with Crippen LogP contribution in [0.4, 0.5) is 4.79 Å². The first-order valence-electron chi connectivity index (χ1n) is 5.81. The lowest BCUT2D eigenvalue weighted by Gasteiger charge is -2.43. The maximum Gasteiger partial charge on any atom is 0.411 e. The minimum absolute atomic E-state index is 0.0747. The monoisotopic (exact) mass is 249 g/mol. The standard InChI is InChI=1S/C13H15NO4/c1-9-7-11(12(15)16)14(9)13(17)18-8-10-5-3-2-4-6-10/h2-6,9,11H,7-8H2,1H3,(H,15,16). The molecule has 5 heteroatoms. The molecule has 0 spiro atoms. The number of rotatable bonds is 3. The first-order valence-corrected chi connectivity index (χ1v) is 5.81. The molecule has 1 aliphatic heterocycles. The van der Waals surface area contributed by atoms with E-state index in [1.165, 1.54) is 4.90 Å². The number of amides is 1. The summed E-state index contributed by atoms with van der Waals surface area (Å²) in [5.41, 5.74) is 0.880. The fraction of sp³-hybridized carbons (Fsp3) is 0.385. The molecule has 1 amide bonds. The predicted molar refractivity (Wildman–Crippen MR) is 64.0 cm³/mol. The normalized spacial score (nSPS) is 22.2. The zero-order valence-corrected chi connectivity index (χ0v) is 10.1. The van der Waals surface area contributed by atoms with E-state index in [1.54, 1.807) is 0 Å². The third kappa shape index (κ3) is 2.45. The third-order valence-corrected chi connectivity index (χ3v) is 3.08. The Morgan fingerprint density at radius 1 is 1.39 bits per heavy atom. The predicted octanol–water partition coefficient (Wildman–Crippen LogP) is 1.87. The van der Waals surface area contributed by atoms with Gasteiger partial charge in [-0.25, -0.2) is 9.59 Å². The molecule has 1 aromatic rings. The summed E-state index contributed by atoms with van der Waals surface area (Å²) in [6.07, 6.45) is -0.0829. The number of hydrogen-bond donors (Lipinski definition) is 1. The van der Waals surface area contributed by atoms with Gasteiger partial charge in [0.1, 0.15) is 12.6 Å². The Bertz CT molecular complexity index is 446. The van der Waals surface area contributed by atoms with Crippen molar-refractivity contribution in [2.75, 3.05) is 0 Å². The van der Waals surface area contributed by atoms with Crippen LogP contribution in [0.5, 0.6) is 0 Å². The summed E-state index contributed by atoms with van der Waals surface area (Å²) in [6, 6.07) is 8.47. The van der Waals surface area contributed by atoms with Crippen molar-refractivity contribution < 1.29 is 19.4 Å². The molecule has 5 nitrogen and oxygen atoms in total. The third-order valence-electron chi connectivity index (χ3n) is 3.08. The zero-order valence-electron chi connectivity index (χ0n) is 10.1. The van der Waals surface area contributed by atoms with Crippen LogP contribution in [0.15, 0.2) is 30.3 Å². The SMILES string of the molecule is CC1CC(C(=O)O)N1C(=O)OCc1ccccc1. The van der Waals surface area contributed by atoms with Gasteiger partial charge in [-0.2, -0.15) is 0 Å². The van der Waals surface area contributed by atoms with Crippen molar-refractivity contribution in [2.45, 2.75) is 32.0 Å². The van der Waals surface area contributed by atoms with E-state index in [-0.39, 0.29) is 12.6 Å². The number of carbonyl (C=O) groups excluding carboxylic acids is 1. The van der Waals surface area contributed by atoms with E-state index in [9.17, 15) is 9.59 Å². The van der Waals surface area contributed by atoms with Crippen LogP contribution in [-0.2, 0) is 16.1 Å². The van der Waals surface area contributed by atoms with Crippen molar-refractivity contribution in [1.29, 1.82) is 0 Å². The Hall–Kier alpha value is -2.04. The number of likely N-dealkylation sites (tertiary alicyclic amines) is 1. The van der Waals surface area contributed by atoms with Crippen LogP contribution in [0, 0.1) is 0 Å². The first kappa shape index (κ1) is 12.4. The van der Waals surface area contributed by atoms with Crippen LogP contribution in [0.2, 0.25) is 0 Å². The van der Waals surface area contributed by atoms with Crippen LogP contribution >= 0.6 is 0 Å². The second-order valence-corrected chi connectivity index (χ2v) is 4.39. The lowest BCUT2D eigenvalue weighted by atomic mass is 9.95. The number of benzene rings is 1. The molecule has 2 unspecified atom stereocenters. The summed E-state index contributed by atoms with van der Waals surface area (Å²) in [7, 11) is 0. The van der Waals surface area contributed by atoms with Crippen LogP contribution in [0.3, 0.4) is 0 Å². The zero-order chi connectivity index (χ0) is 13.1. The molecule has 1 fully saturated rings. The van der Waals surface area contributed by atoms with E-state index in [0.717, 1.165) is 5.56 Å². The minimum atomic E-state index is -0.982. The summed E-state index contributed by atoms with van der Waals surface area (Å²) < 4.78 is 5.11. The van der Waals surface area contributed by atoms with Gasteiger partial charge in [0.25, 0.3) is 0 Å². The molecule has 2 rings (SSSR count). The quantitative estimate of drug-likeness (QED) is 0.888. The molecule has 18 heavy (non-hydrogen) atoms. The Labute approximate surface area is 105 Å². The van der Waals surface area contributed by atoms with Gasteiger partial charge in [-0.1, -0.05) is 30.3 Å². The van der Waals surface area contributed by atoms with Crippen LogP contribution < -0.4 is 0 Å². The number of hydrogen-bond acceptors (Lipinski definition) is 3. The molecule has 0 aromatic heterocycles. The fourth-order valence-electron chi connectivity index (χ4n) is 2.04. The molecule has 0 radical (unpaired) electrons. The van der Waals surface area contributed by atoms with E-state index < -0.39 is 18.1 Å². The number of carboxylic acids is 1. The van der Waals surface area contributed by atoms with Crippen molar-refractivity contribution in [1.82, 2.24) is 4.90 Å². The van der Waals surface area contributed by atoms with Gasteiger partial charge in [-0.3, -0.25) is 4.90 Å². The fourth-order valence-corrected chi connectivity index (χ4v) is 2.04. The highest BCUT2D eigenvalue weighted by Gasteiger charge is 2.44. The van der Waals surface area contributed by atoms with Crippen molar-refractivity contribution in [3.05, 3.63) is 35.9 Å². The molecule has 1 aromatic carbocycles. The number of carbonyl (C=O) groups is 2. The molecule has 1 N–H and O–H groups in total. The van der Waals surface area contributed by atoms with Crippen molar-refractivity contribution in [2.24, 2.45) is 0 Å². The first-order chi connectivity index (χ1) is 8.59. The van der Waals surface area contributed by atoms with E-state index in [4.69, 9.17) is 9.84 Å². The van der Waals surface area contributed by atoms with E-state index >= 15 is 0 Å². The topological polar surface area (TPSA) is 66.8 Å². The Morgan fingerprint density at radius 3 is 2.61 bits per heavy atom. The van der Waals surface area contributed by atoms with Crippen LogP contribution in [-0.4, -0.2) is 34.2 Å². The maximum atomic E-state index is 11.8. The van der Waals surface area contributed by atoms with Gasteiger partial charge in [-0.15, -0.1) is 0 Å². The second-order valence-electron chi connectivity index (χ2n) is 4.39. The summed E-state index contributed by atoms with van der Waals surface area (Å²) >= 11 is 0. The number of ether oxygens (including phenoxy) is 1. The van der Waals surface area contributed by atoms with Gasteiger partial charge in [-0.05, 0) is 18.9 Å². The molecular weight excluding hydrogens is 234 g/mol. The molecule has 0 aliphatic carbocycles. The molecule has 0 saturated carbocycles. The lowest BCUT2D eigenvalue weighted by Crippen LogP contribution is -2.60. The van der Waals surface area contributed by atoms with Crippen molar-refractivity contribution >= 4 is 12.1 Å². The van der Waals surface area contributed by atoms with Gasteiger partial charge >= 0.3 is 12.1 Å². The Balaban J connectivity index is 1.90. The molecule has 2 atom stereocenters.